The van der Waals surface area contributed by atoms with Crippen molar-refractivity contribution in [3.8, 4) is 0 Å². The van der Waals surface area contributed by atoms with Crippen molar-refractivity contribution in [2.24, 2.45) is 5.41 Å². The summed E-state index contributed by atoms with van der Waals surface area (Å²) in [7, 11) is 2.52. The van der Waals surface area contributed by atoms with Crippen molar-refractivity contribution < 1.29 is 33.6 Å². The molecule has 2 unspecified atom stereocenters. The number of esters is 2. The third-order valence-electron chi connectivity index (χ3n) is 3.19. The number of carbonyl (C=O) groups is 2. The Bertz CT molecular complexity index is 543. The lowest BCUT2D eigenvalue weighted by Gasteiger charge is -2.16. The van der Waals surface area contributed by atoms with Crippen molar-refractivity contribution in [3.63, 3.8) is 0 Å². The molecule has 7 heteroatoms. The van der Waals surface area contributed by atoms with E-state index >= 15 is 0 Å². The standard InChI is InChI=1S/C16H22O7/c1-10-8-12(23-13(10)17)22-9-11(14(18)20-4)6-7-16(2,3)15(19)21-5/h6-9,12-13,17H,1-5H3/b7-6+,11-9+. The monoisotopic (exact) mass is 326 g/mol. The van der Waals surface area contributed by atoms with E-state index in [1.807, 2.05) is 0 Å². The molecule has 0 fully saturated rings. The lowest BCUT2D eigenvalue weighted by Crippen LogP contribution is -2.23. The van der Waals surface area contributed by atoms with Gasteiger partial charge in [-0.15, -0.1) is 0 Å². The third-order valence-corrected chi connectivity index (χ3v) is 3.19. The van der Waals surface area contributed by atoms with Gasteiger partial charge in [0, 0.05) is 0 Å². The van der Waals surface area contributed by atoms with Gasteiger partial charge in [0.05, 0.1) is 25.2 Å². The summed E-state index contributed by atoms with van der Waals surface area (Å²) in [6, 6.07) is 0. The van der Waals surface area contributed by atoms with Gasteiger partial charge in [-0.3, -0.25) is 4.79 Å². The predicted molar refractivity (Wildman–Crippen MR) is 80.8 cm³/mol. The molecular weight excluding hydrogens is 304 g/mol. The van der Waals surface area contributed by atoms with E-state index in [2.05, 4.69) is 9.47 Å². The van der Waals surface area contributed by atoms with Crippen molar-refractivity contribution in [1.29, 1.82) is 0 Å². The SMILES string of the molecule is COC(=O)C(/C=C/C(C)(C)C(=O)OC)=C/OC1C=C(C)C(O)O1. The van der Waals surface area contributed by atoms with Crippen LogP contribution in [0.4, 0.5) is 0 Å². The number of aliphatic hydroxyl groups is 1. The molecule has 0 aromatic rings. The summed E-state index contributed by atoms with van der Waals surface area (Å²) in [6.45, 7) is 4.99. The molecule has 1 heterocycles. The number of ether oxygens (including phenoxy) is 4. The van der Waals surface area contributed by atoms with Crippen LogP contribution in [-0.2, 0) is 28.5 Å². The highest BCUT2D eigenvalue weighted by atomic mass is 16.7. The Kier molecular flexibility index (Phi) is 6.53. The zero-order valence-electron chi connectivity index (χ0n) is 13.9. The molecule has 1 N–H and O–H groups in total. The molecule has 1 aliphatic heterocycles. The Morgan fingerprint density at radius 2 is 1.96 bits per heavy atom. The number of aliphatic hydroxyl groups excluding tert-OH is 1. The highest BCUT2D eigenvalue weighted by Gasteiger charge is 2.26. The number of rotatable bonds is 6. The number of methoxy groups -OCH3 is 2. The van der Waals surface area contributed by atoms with Crippen molar-refractivity contribution in [3.05, 3.63) is 35.6 Å². The molecule has 1 rings (SSSR count). The van der Waals surface area contributed by atoms with Crippen LogP contribution in [0.2, 0.25) is 0 Å². The minimum atomic E-state index is -1.02. The maximum absolute atomic E-state index is 11.8. The van der Waals surface area contributed by atoms with Crippen molar-refractivity contribution in [2.45, 2.75) is 33.4 Å². The Hall–Kier alpha value is -2.12. The third kappa shape index (κ3) is 5.22. The molecule has 0 amide bonds. The molecule has 0 saturated heterocycles. The first-order valence-corrected chi connectivity index (χ1v) is 6.94. The van der Waals surface area contributed by atoms with Crippen LogP contribution in [0.5, 0.6) is 0 Å². The van der Waals surface area contributed by atoms with Gasteiger partial charge in [0.15, 0.2) is 6.29 Å². The summed E-state index contributed by atoms with van der Waals surface area (Å²) < 4.78 is 19.7. The fourth-order valence-corrected chi connectivity index (χ4v) is 1.68. The molecule has 0 radical (unpaired) electrons. The zero-order chi connectivity index (χ0) is 17.6. The molecule has 0 bridgehead atoms. The first kappa shape index (κ1) is 18.9. The van der Waals surface area contributed by atoms with Crippen LogP contribution in [-0.4, -0.2) is 43.8 Å². The van der Waals surface area contributed by atoms with Gasteiger partial charge < -0.3 is 24.1 Å². The van der Waals surface area contributed by atoms with Gasteiger partial charge in [0.25, 0.3) is 0 Å². The summed E-state index contributed by atoms with van der Waals surface area (Å²) in [6.07, 6.45) is 3.83. The Morgan fingerprint density at radius 1 is 1.30 bits per heavy atom. The fraction of sp³-hybridized carbons (Fsp3) is 0.500. The Morgan fingerprint density at radius 3 is 2.43 bits per heavy atom. The summed E-state index contributed by atoms with van der Waals surface area (Å²) >= 11 is 0. The van der Waals surface area contributed by atoms with Crippen LogP contribution in [0.15, 0.2) is 35.6 Å². The minimum absolute atomic E-state index is 0.0838. The van der Waals surface area contributed by atoms with Gasteiger partial charge in [-0.1, -0.05) is 6.08 Å². The highest BCUT2D eigenvalue weighted by molar-refractivity contribution is 5.91. The van der Waals surface area contributed by atoms with E-state index in [0.29, 0.717) is 5.57 Å². The van der Waals surface area contributed by atoms with Crippen molar-refractivity contribution in [2.75, 3.05) is 14.2 Å². The Labute approximate surface area is 135 Å². The van der Waals surface area contributed by atoms with Crippen LogP contribution >= 0.6 is 0 Å². The van der Waals surface area contributed by atoms with E-state index in [1.165, 1.54) is 26.4 Å². The molecule has 0 aliphatic carbocycles. The molecule has 0 spiro atoms. The smallest absolute Gasteiger partial charge is 0.340 e. The van der Waals surface area contributed by atoms with Gasteiger partial charge in [-0.2, -0.15) is 0 Å². The summed E-state index contributed by atoms with van der Waals surface area (Å²) in [5.74, 6) is -1.08. The van der Waals surface area contributed by atoms with E-state index in [1.54, 1.807) is 26.8 Å². The van der Waals surface area contributed by atoms with Crippen molar-refractivity contribution in [1.82, 2.24) is 0 Å². The minimum Gasteiger partial charge on any atom is -0.468 e. The fourth-order valence-electron chi connectivity index (χ4n) is 1.68. The van der Waals surface area contributed by atoms with Crippen LogP contribution < -0.4 is 0 Å². The molecule has 23 heavy (non-hydrogen) atoms. The first-order valence-electron chi connectivity index (χ1n) is 6.94. The number of hydrogen-bond acceptors (Lipinski definition) is 7. The van der Waals surface area contributed by atoms with Gasteiger partial charge >= 0.3 is 11.9 Å². The van der Waals surface area contributed by atoms with E-state index in [0.717, 1.165) is 6.26 Å². The lowest BCUT2D eigenvalue weighted by atomic mass is 9.92. The summed E-state index contributed by atoms with van der Waals surface area (Å²) in [5, 5.41) is 9.44. The molecule has 1 aliphatic rings. The molecule has 2 atom stereocenters. The van der Waals surface area contributed by atoms with Gasteiger partial charge in [-0.05, 0) is 38.5 Å². The first-order chi connectivity index (χ1) is 10.7. The average molecular weight is 326 g/mol. The van der Waals surface area contributed by atoms with Gasteiger partial charge in [0.2, 0.25) is 6.29 Å². The van der Waals surface area contributed by atoms with Crippen LogP contribution in [0.25, 0.3) is 0 Å². The van der Waals surface area contributed by atoms with Crippen LogP contribution in [0.1, 0.15) is 20.8 Å². The predicted octanol–water partition coefficient (Wildman–Crippen LogP) is 1.44. The number of hydrogen-bond donors (Lipinski definition) is 1. The normalized spacial score (nSPS) is 22.0. The average Bonchev–Trinajstić information content (AvgIpc) is 2.84. The quantitative estimate of drug-likeness (QED) is 0.259. The maximum atomic E-state index is 11.8. The van der Waals surface area contributed by atoms with E-state index in [4.69, 9.17) is 9.47 Å². The van der Waals surface area contributed by atoms with E-state index in [-0.39, 0.29) is 5.57 Å². The number of carbonyl (C=O) groups excluding carboxylic acids is 2. The maximum Gasteiger partial charge on any atom is 0.340 e. The van der Waals surface area contributed by atoms with Crippen LogP contribution in [0, 0.1) is 5.41 Å². The second-order valence-corrected chi connectivity index (χ2v) is 5.51. The van der Waals surface area contributed by atoms with Crippen LogP contribution in [0.3, 0.4) is 0 Å². The Balaban J connectivity index is 2.87. The topological polar surface area (TPSA) is 91.3 Å². The molecule has 7 nitrogen and oxygen atoms in total. The zero-order valence-corrected chi connectivity index (χ0v) is 13.9. The second kappa shape index (κ2) is 7.94. The van der Waals surface area contributed by atoms with Gasteiger partial charge in [0.1, 0.15) is 6.26 Å². The molecule has 0 saturated carbocycles. The summed E-state index contributed by atoms with van der Waals surface area (Å²) in [4.78, 5) is 23.4. The largest absolute Gasteiger partial charge is 0.468 e. The lowest BCUT2D eigenvalue weighted by molar-refractivity contribution is -0.155. The van der Waals surface area contributed by atoms with Crippen molar-refractivity contribution >= 4 is 11.9 Å². The molecule has 0 aromatic carbocycles. The second-order valence-electron chi connectivity index (χ2n) is 5.51. The van der Waals surface area contributed by atoms with Gasteiger partial charge in [-0.25, -0.2) is 4.79 Å². The molecule has 128 valence electrons. The van der Waals surface area contributed by atoms with E-state index < -0.39 is 29.9 Å². The highest BCUT2D eigenvalue weighted by Crippen LogP contribution is 2.21. The molecular formula is C16H22O7. The van der Waals surface area contributed by atoms with E-state index in [9.17, 15) is 14.7 Å². The summed E-state index contributed by atoms with van der Waals surface area (Å²) in [5.41, 5.74) is -0.218. The molecule has 0 aromatic heterocycles.